The second-order valence-electron chi connectivity index (χ2n) is 7.32. The fourth-order valence-corrected chi connectivity index (χ4v) is 3.64. The first-order valence-electron chi connectivity index (χ1n) is 9.86. The first kappa shape index (κ1) is 19.2. The summed E-state index contributed by atoms with van der Waals surface area (Å²) in [5, 5.41) is 0. The van der Waals surface area contributed by atoms with Crippen LogP contribution in [0, 0.1) is 17.8 Å². The summed E-state index contributed by atoms with van der Waals surface area (Å²) in [5.74, 6) is 6.83. The number of likely N-dealkylation sites (tertiary alicyclic amines) is 1. The van der Waals surface area contributed by atoms with Crippen LogP contribution in [0.5, 0.6) is 0 Å². The van der Waals surface area contributed by atoms with Crippen LogP contribution in [0.15, 0.2) is 54.6 Å². The van der Waals surface area contributed by atoms with Crippen molar-refractivity contribution in [1.29, 1.82) is 0 Å². The SMILES string of the molecule is NC(=O)c1ccc(C#CCCCN2CCC(Cc3ccccc3)CC2)cc1. The van der Waals surface area contributed by atoms with Gasteiger partial charge in [-0.3, -0.25) is 4.79 Å². The quantitative estimate of drug-likeness (QED) is 0.628. The van der Waals surface area contributed by atoms with Gasteiger partial charge in [0.15, 0.2) is 0 Å². The molecule has 1 aliphatic heterocycles. The molecule has 0 unspecified atom stereocenters. The van der Waals surface area contributed by atoms with E-state index < -0.39 is 5.91 Å². The summed E-state index contributed by atoms with van der Waals surface area (Å²) < 4.78 is 0. The van der Waals surface area contributed by atoms with Gasteiger partial charge in [-0.25, -0.2) is 0 Å². The van der Waals surface area contributed by atoms with Crippen LogP contribution >= 0.6 is 0 Å². The molecule has 3 nitrogen and oxygen atoms in total. The van der Waals surface area contributed by atoms with Gasteiger partial charge in [-0.1, -0.05) is 42.2 Å². The summed E-state index contributed by atoms with van der Waals surface area (Å²) in [6, 6.07) is 18.0. The predicted molar refractivity (Wildman–Crippen MR) is 110 cm³/mol. The van der Waals surface area contributed by atoms with Crippen LogP contribution in [0.2, 0.25) is 0 Å². The van der Waals surface area contributed by atoms with Crippen molar-refractivity contribution in [2.45, 2.75) is 32.1 Å². The Balaban J connectivity index is 1.33. The lowest BCUT2D eigenvalue weighted by Gasteiger charge is -2.31. The molecule has 1 amide bonds. The van der Waals surface area contributed by atoms with Gasteiger partial charge in [0.1, 0.15) is 0 Å². The van der Waals surface area contributed by atoms with Gasteiger partial charge in [-0.15, -0.1) is 0 Å². The number of primary amides is 1. The second kappa shape index (κ2) is 9.94. The Morgan fingerprint density at radius 1 is 1.04 bits per heavy atom. The number of rotatable bonds is 6. The van der Waals surface area contributed by atoms with Crippen molar-refractivity contribution in [3.63, 3.8) is 0 Å². The smallest absolute Gasteiger partial charge is 0.248 e. The average Bonchev–Trinajstić information content (AvgIpc) is 2.70. The maximum atomic E-state index is 11.1. The monoisotopic (exact) mass is 360 g/mol. The van der Waals surface area contributed by atoms with Crippen molar-refractivity contribution in [1.82, 2.24) is 4.90 Å². The molecule has 0 saturated carbocycles. The Morgan fingerprint density at radius 3 is 2.41 bits per heavy atom. The van der Waals surface area contributed by atoms with Gasteiger partial charge in [0.05, 0.1) is 0 Å². The van der Waals surface area contributed by atoms with E-state index in [0.717, 1.165) is 30.9 Å². The maximum absolute atomic E-state index is 11.1. The van der Waals surface area contributed by atoms with Gasteiger partial charge in [0, 0.05) is 17.5 Å². The van der Waals surface area contributed by atoms with Crippen molar-refractivity contribution in [3.05, 3.63) is 71.3 Å². The second-order valence-corrected chi connectivity index (χ2v) is 7.32. The number of benzene rings is 2. The minimum Gasteiger partial charge on any atom is -0.366 e. The number of hydrogen-bond acceptors (Lipinski definition) is 2. The zero-order valence-corrected chi connectivity index (χ0v) is 15.9. The van der Waals surface area contributed by atoms with Crippen molar-refractivity contribution in [3.8, 4) is 11.8 Å². The van der Waals surface area contributed by atoms with E-state index in [1.54, 1.807) is 12.1 Å². The van der Waals surface area contributed by atoms with Crippen molar-refractivity contribution in [2.75, 3.05) is 19.6 Å². The van der Waals surface area contributed by atoms with Gasteiger partial charge in [-0.2, -0.15) is 0 Å². The van der Waals surface area contributed by atoms with Gasteiger partial charge < -0.3 is 10.6 Å². The van der Waals surface area contributed by atoms with Gasteiger partial charge in [0.2, 0.25) is 5.91 Å². The maximum Gasteiger partial charge on any atom is 0.248 e. The summed E-state index contributed by atoms with van der Waals surface area (Å²) in [4.78, 5) is 13.6. The molecule has 2 aromatic rings. The highest BCUT2D eigenvalue weighted by Crippen LogP contribution is 2.21. The molecule has 1 saturated heterocycles. The third-order valence-electron chi connectivity index (χ3n) is 5.25. The van der Waals surface area contributed by atoms with E-state index in [0.29, 0.717) is 5.56 Å². The van der Waals surface area contributed by atoms with Crippen molar-refractivity contribution >= 4 is 5.91 Å². The van der Waals surface area contributed by atoms with Crippen LogP contribution in [0.1, 0.15) is 47.2 Å². The van der Waals surface area contributed by atoms with E-state index in [9.17, 15) is 4.79 Å². The molecular formula is C24H28N2O. The minimum atomic E-state index is -0.401. The fraction of sp³-hybridized carbons (Fsp3) is 0.375. The van der Waals surface area contributed by atoms with E-state index in [1.807, 2.05) is 12.1 Å². The van der Waals surface area contributed by atoms with Crippen LogP contribution in [0.4, 0.5) is 0 Å². The van der Waals surface area contributed by atoms with Gasteiger partial charge >= 0.3 is 0 Å². The molecule has 0 aliphatic carbocycles. The standard InChI is InChI=1S/C24H28N2O/c25-24(27)23-12-10-20(11-13-23)7-5-2-6-16-26-17-14-22(15-18-26)19-21-8-3-1-4-9-21/h1,3-4,8-13,22H,2,6,14-19H2,(H2,25,27). The van der Waals surface area contributed by atoms with Gasteiger partial charge in [0.25, 0.3) is 0 Å². The molecule has 3 rings (SSSR count). The Bertz CT molecular complexity index is 779. The first-order chi connectivity index (χ1) is 13.2. The molecule has 1 heterocycles. The molecule has 27 heavy (non-hydrogen) atoms. The topological polar surface area (TPSA) is 46.3 Å². The molecule has 2 aromatic carbocycles. The van der Waals surface area contributed by atoms with Crippen LogP contribution in [0.3, 0.4) is 0 Å². The Hall–Kier alpha value is -2.57. The minimum absolute atomic E-state index is 0.401. The molecule has 0 atom stereocenters. The predicted octanol–water partition coefficient (Wildman–Crippen LogP) is 3.87. The van der Waals surface area contributed by atoms with Crippen LogP contribution in [0.25, 0.3) is 0 Å². The Morgan fingerprint density at radius 2 is 1.74 bits per heavy atom. The number of carbonyl (C=O) groups excluding carboxylic acids is 1. The normalized spacial score (nSPS) is 15.1. The highest BCUT2D eigenvalue weighted by molar-refractivity contribution is 5.92. The largest absolute Gasteiger partial charge is 0.366 e. The molecule has 0 radical (unpaired) electrons. The van der Waals surface area contributed by atoms with Crippen molar-refractivity contribution in [2.24, 2.45) is 11.7 Å². The number of nitrogens with two attached hydrogens (primary N) is 1. The number of amides is 1. The summed E-state index contributed by atoms with van der Waals surface area (Å²) in [6.45, 7) is 3.55. The first-order valence-corrected chi connectivity index (χ1v) is 9.86. The number of piperidine rings is 1. The molecule has 2 N–H and O–H groups in total. The molecule has 1 fully saturated rings. The molecule has 0 bridgehead atoms. The molecule has 3 heteroatoms. The third kappa shape index (κ3) is 6.27. The summed E-state index contributed by atoms with van der Waals surface area (Å²) in [5.41, 5.74) is 8.17. The Labute approximate surface area is 162 Å². The van der Waals surface area contributed by atoms with E-state index in [1.165, 1.54) is 37.9 Å². The number of carbonyl (C=O) groups is 1. The van der Waals surface area contributed by atoms with Crippen molar-refractivity contribution < 1.29 is 4.79 Å². The van der Waals surface area contributed by atoms with Crippen LogP contribution in [-0.4, -0.2) is 30.4 Å². The van der Waals surface area contributed by atoms with E-state index >= 15 is 0 Å². The molecular weight excluding hydrogens is 332 g/mol. The highest BCUT2D eigenvalue weighted by Gasteiger charge is 2.18. The number of unbranched alkanes of at least 4 members (excludes halogenated alkanes) is 1. The van der Waals surface area contributed by atoms with Gasteiger partial charge in [-0.05, 0) is 81.1 Å². The highest BCUT2D eigenvalue weighted by atomic mass is 16.1. The number of hydrogen-bond donors (Lipinski definition) is 1. The van der Waals surface area contributed by atoms with Crippen LogP contribution in [-0.2, 0) is 6.42 Å². The Kier molecular flexibility index (Phi) is 7.07. The molecule has 140 valence electrons. The third-order valence-corrected chi connectivity index (χ3v) is 5.25. The number of nitrogens with zero attached hydrogens (tertiary/aromatic N) is 1. The molecule has 0 aromatic heterocycles. The fourth-order valence-electron chi connectivity index (χ4n) is 3.64. The zero-order valence-electron chi connectivity index (χ0n) is 15.9. The summed E-state index contributed by atoms with van der Waals surface area (Å²) in [6.07, 6.45) is 5.82. The van der Waals surface area contributed by atoms with E-state index in [-0.39, 0.29) is 0 Å². The molecule has 0 spiro atoms. The zero-order chi connectivity index (χ0) is 18.9. The summed E-state index contributed by atoms with van der Waals surface area (Å²) in [7, 11) is 0. The molecule has 1 aliphatic rings. The lowest BCUT2D eigenvalue weighted by Crippen LogP contribution is -2.34. The lowest BCUT2D eigenvalue weighted by molar-refractivity contribution is 0.100. The van der Waals surface area contributed by atoms with E-state index in [2.05, 4.69) is 47.1 Å². The van der Waals surface area contributed by atoms with Crippen LogP contribution < -0.4 is 5.73 Å². The van der Waals surface area contributed by atoms with E-state index in [4.69, 9.17) is 5.73 Å². The summed E-state index contributed by atoms with van der Waals surface area (Å²) >= 11 is 0. The lowest BCUT2D eigenvalue weighted by atomic mass is 9.90. The average molecular weight is 361 g/mol.